The van der Waals surface area contributed by atoms with Crippen molar-refractivity contribution >= 4 is 5.91 Å². The molecule has 0 unspecified atom stereocenters. The molecule has 2 atom stereocenters. The Kier molecular flexibility index (Phi) is 4.77. The van der Waals surface area contributed by atoms with E-state index < -0.39 is 0 Å². The van der Waals surface area contributed by atoms with Crippen LogP contribution in [-0.4, -0.2) is 40.2 Å². The Bertz CT molecular complexity index is 920. The Morgan fingerprint density at radius 1 is 1.07 bits per heavy atom. The second-order valence-corrected chi connectivity index (χ2v) is 7.14. The van der Waals surface area contributed by atoms with E-state index in [0.29, 0.717) is 25.3 Å². The van der Waals surface area contributed by atoms with E-state index in [2.05, 4.69) is 17.2 Å². The lowest BCUT2D eigenvalue weighted by molar-refractivity contribution is 0.0780. The van der Waals surface area contributed by atoms with E-state index in [4.69, 9.17) is 5.73 Å². The van der Waals surface area contributed by atoms with E-state index in [0.717, 1.165) is 11.4 Å². The summed E-state index contributed by atoms with van der Waals surface area (Å²) in [5.41, 5.74) is 9.64. The maximum atomic E-state index is 13.1. The minimum atomic E-state index is -0.0235. The topological polar surface area (TPSA) is 64.2 Å². The van der Waals surface area contributed by atoms with Gasteiger partial charge in [-0.25, -0.2) is 4.68 Å². The molecule has 2 heterocycles. The maximum Gasteiger partial charge on any atom is 0.274 e. The predicted octanol–water partition coefficient (Wildman–Crippen LogP) is 3.00. The smallest absolute Gasteiger partial charge is 0.274 e. The van der Waals surface area contributed by atoms with Crippen LogP contribution in [0.3, 0.4) is 0 Å². The second kappa shape index (κ2) is 7.37. The van der Waals surface area contributed by atoms with Crippen LogP contribution in [0.4, 0.5) is 0 Å². The lowest BCUT2D eigenvalue weighted by atomic mass is 9.89. The second-order valence-electron chi connectivity index (χ2n) is 7.14. The number of aryl methyl sites for hydroxylation is 1. The highest BCUT2D eigenvalue weighted by molar-refractivity contribution is 5.92. The van der Waals surface area contributed by atoms with Crippen molar-refractivity contribution in [3.63, 3.8) is 0 Å². The molecule has 1 fully saturated rings. The Morgan fingerprint density at radius 3 is 2.41 bits per heavy atom. The summed E-state index contributed by atoms with van der Waals surface area (Å²) in [7, 11) is 0. The maximum absolute atomic E-state index is 13.1. The highest BCUT2D eigenvalue weighted by Crippen LogP contribution is 2.32. The van der Waals surface area contributed by atoms with Crippen molar-refractivity contribution in [3.05, 3.63) is 83.7 Å². The fraction of sp³-hybridized carbons (Fsp3) is 0.273. The first-order chi connectivity index (χ1) is 13.2. The molecule has 0 aliphatic carbocycles. The van der Waals surface area contributed by atoms with Crippen LogP contribution in [0.2, 0.25) is 0 Å². The summed E-state index contributed by atoms with van der Waals surface area (Å²) in [6.07, 6.45) is 0. The zero-order chi connectivity index (χ0) is 18.8. The zero-order valence-corrected chi connectivity index (χ0v) is 15.5. The van der Waals surface area contributed by atoms with Gasteiger partial charge in [0.25, 0.3) is 5.91 Å². The molecule has 0 spiro atoms. The first-order valence-electron chi connectivity index (χ1n) is 9.33. The van der Waals surface area contributed by atoms with Crippen molar-refractivity contribution in [2.24, 2.45) is 11.7 Å². The highest BCUT2D eigenvalue weighted by atomic mass is 16.2. The fourth-order valence-corrected chi connectivity index (χ4v) is 3.93. The molecule has 2 aromatic carbocycles. The molecule has 4 rings (SSSR count). The molecule has 1 amide bonds. The number of likely N-dealkylation sites (tertiary alicyclic amines) is 1. The van der Waals surface area contributed by atoms with Gasteiger partial charge in [0, 0.05) is 24.7 Å². The van der Waals surface area contributed by atoms with Gasteiger partial charge in [0.1, 0.15) is 0 Å². The van der Waals surface area contributed by atoms with Crippen LogP contribution in [-0.2, 0) is 0 Å². The molecule has 2 N–H and O–H groups in total. The number of nitrogens with zero attached hydrogens (tertiary/aromatic N) is 3. The predicted molar refractivity (Wildman–Crippen MR) is 106 cm³/mol. The van der Waals surface area contributed by atoms with Gasteiger partial charge in [0.2, 0.25) is 0 Å². The number of hydrogen-bond donors (Lipinski definition) is 1. The molecule has 5 heteroatoms. The Morgan fingerprint density at radius 2 is 1.74 bits per heavy atom. The van der Waals surface area contributed by atoms with E-state index in [1.807, 2.05) is 71.1 Å². The minimum Gasteiger partial charge on any atom is -0.336 e. The molecule has 3 aromatic rings. The lowest BCUT2D eigenvalue weighted by Gasteiger charge is -2.16. The average Bonchev–Trinajstić information content (AvgIpc) is 3.32. The van der Waals surface area contributed by atoms with Crippen molar-refractivity contribution < 1.29 is 4.79 Å². The molecule has 0 saturated carbocycles. The zero-order valence-electron chi connectivity index (χ0n) is 15.5. The van der Waals surface area contributed by atoms with Crippen LogP contribution in [0, 0.1) is 12.8 Å². The molecule has 27 heavy (non-hydrogen) atoms. The van der Waals surface area contributed by atoms with Crippen LogP contribution >= 0.6 is 0 Å². The molecule has 138 valence electrons. The van der Waals surface area contributed by atoms with Gasteiger partial charge in [-0.05, 0) is 43.1 Å². The summed E-state index contributed by atoms with van der Waals surface area (Å²) in [6, 6.07) is 22.1. The van der Waals surface area contributed by atoms with Crippen molar-refractivity contribution in [3.8, 4) is 5.69 Å². The van der Waals surface area contributed by atoms with Crippen molar-refractivity contribution in [2.45, 2.75) is 12.8 Å². The molecular weight excluding hydrogens is 336 g/mol. The van der Waals surface area contributed by atoms with Gasteiger partial charge in [-0.1, -0.05) is 48.5 Å². The van der Waals surface area contributed by atoms with Crippen LogP contribution in [0.5, 0.6) is 0 Å². The third-order valence-corrected chi connectivity index (χ3v) is 5.37. The molecular formula is C22H24N4O. The summed E-state index contributed by atoms with van der Waals surface area (Å²) >= 11 is 0. The third-order valence-electron chi connectivity index (χ3n) is 5.37. The molecule has 1 aliphatic heterocycles. The monoisotopic (exact) mass is 360 g/mol. The Labute approximate surface area is 159 Å². The summed E-state index contributed by atoms with van der Waals surface area (Å²) in [5, 5.41) is 4.57. The van der Waals surface area contributed by atoms with Gasteiger partial charge >= 0.3 is 0 Å². The summed E-state index contributed by atoms with van der Waals surface area (Å²) in [6.45, 7) is 3.89. The quantitative estimate of drug-likeness (QED) is 0.778. The van der Waals surface area contributed by atoms with Crippen LogP contribution in [0.1, 0.15) is 27.7 Å². The molecule has 0 bridgehead atoms. The number of carbonyl (C=O) groups excluding carboxylic acids is 1. The van der Waals surface area contributed by atoms with Gasteiger partial charge in [-0.3, -0.25) is 4.79 Å². The van der Waals surface area contributed by atoms with Crippen LogP contribution < -0.4 is 5.73 Å². The molecule has 0 radical (unpaired) electrons. The SMILES string of the molecule is Cc1cc(C(=O)N2C[C@@H](CN)[C@H](c3ccccc3)C2)nn1-c1ccccc1. The van der Waals surface area contributed by atoms with E-state index in [9.17, 15) is 4.79 Å². The number of benzene rings is 2. The minimum absolute atomic E-state index is 0.0235. The first-order valence-corrected chi connectivity index (χ1v) is 9.33. The number of rotatable bonds is 4. The lowest BCUT2D eigenvalue weighted by Crippen LogP contribution is -2.30. The van der Waals surface area contributed by atoms with Gasteiger partial charge in [0.05, 0.1) is 5.69 Å². The number of hydrogen-bond acceptors (Lipinski definition) is 3. The Hall–Kier alpha value is -2.92. The largest absolute Gasteiger partial charge is 0.336 e. The molecule has 1 aromatic heterocycles. The normalized spacial score (nSPS) is 19.4. The number of nitrogens with two attached hydrogens (primary N) is 1. The number of carbonyl (C=O) groups is 1. The fourth-order valence-electron chi connectivity index (χ4n) is 3.93. The molecule has 1 saturated heterocycles. The average molecular weight is 360 g/mol. The summed E-state index contributed by atoms with van der Waals surface area (Å²) < 4.78 is 1.82. The highest BCUT2D eigenvalue weighted by Gasteiger charge is 2.36. The summed E-state index contributed by atoms with van der Waals surface area (Å²) in [4.78, 5) is 15.0. The van der Waals surface area contributed by atoms with Crippen LogP contribution in [0.25, 0.3) is 5.69 Å². The van der Waals surface area contributed by atoms with Gasteiger partial charge in [-0.15, -0.1) is 0 Å². The van der Waals surface area contributed by atoms with Gasteiger partial charge in [-0.2, -0.15) is 5.10 Å². The molecule has 1 aliphatic rings. The van der Waals surface area contributed by atoms with Crippen molar-refractivity contribution in [1.29, 1.82) is 0 Å². The van der Waals surface area contributed by atoms with Gasteiger partial charge in [0.15, 0.2) is 5.69 Å². The third kappa shape index (κ3) is 3.38. The number of para-hydroxylation sites is 1. The van der Waals surface area contributed by atoms with Crippen molar-refractivity contribution in [1.82, 2.24) is 14.7 Å². The van der Waals surface area contributed by atoms with Crippen molar-refractivity contribution in [2.75, 3.05) is 19.6 Å². The molecule has 5 nitrogen and oxygen atoms in total. The number of aromatic nitrogens is 2. The van der Waals surface area contributed by atoms with Crippen LogP contribution in [0.15, 0.2) is 66.7 Å². The van der Waals surface area contributed by atoms with E-state index >= 15 is 0 Å². The summed E-state index contributed by atoms with van der Waals surface area (Å²) in [5.74, 6) is 0.524. The standard InChI is InChI=1S/C22H24N4O/c1-16-12-21(24-26(16)19-10-6-3-7-11-19)22(27)25-14-18(13-23)20(15-25)17-8-4-2-5-9-17/h2-12,18,20H,13-15,23H2,1H3/t18-,20+/m1/s1. The van der Waals surface area contributed by atoms with E-state index in [1.165, 1.54) is 5.56 Å². The van der Waals surface area contributed by atoms with Gasteiger partial charge < -0.3 is 10.6 Å². The number of amides is 1. The van der Waals surface area contributed by atoms with E-state index in [-0.39, 0.29) is 17.7 Å². The first kappa shape index (κ1) is 17.5. The Balaban J connectivity index is 1.57. The van der Waals surface area contributed by atoms with E-state index in [1.54, 1.807) is 0 Å².